The lowest BCUT2D eigenvalue weighted by molar-refractivity contribution is 0.413. The summed E-state index contributed by atoms with van der Waals surface area (Å²) in [5.41, 5.74) is 1.30. The summed E-state index contributed by atoms with van der Waals surface area (Å²) < 4.78 is 6.32. The second-order valence-corrected chi connectivity index (χ2v) is 5.55. The third-order valence-corrected chi connectivity index (χ3v) is 3.65. The van der Waals surface area contributed by atoms with E-state index >= 15 is 0 Å². The van der Waals surface area contributed by atoms with Crippen molar-refractivity contribution >= 4 is 15.9 Å². The van der Waals surface area contributed by atoms with Gasteiger partial charge in [-0.3, -0.25) is 0 Å². The highest BCUT2D eigenvalue weighted by molar-refractivity contribution is 9.10. The largest absolute Gasteiger partial charge is 0.497 e. The van der Waals surface area contributed by atoms with E-state index in [4.69, 9.17) is 4.74 Å². The monoisotopic (exact) mass is 299 g/mol. The predicted molar refractivity (Wildman–Crippen MR) is 76.6 cm³/mol. The van der Waals surface area contributed by atoms with E-state index in [0.717, 1.165) is 22.6 Å². The third kappa shape index (κ3) is 4.32. The topological polar surface area (TPSA) is 21.3 Å². The minimum atomic E-state index is 0.401. The quantitative estimate of drug-likeness (QED) is 0.852. The molecule has 0 saturated carbocycles. The van der Waals surface area contributed by atoms with Gasteiger partial charge in [-0.15, -0.1) is 0 Å². The van der Waals surface area contributed by atoms with Gasteiger partial charge >= 0.3 is 0 Å². The van der Waals surface area contributed by atoms with Crippen LogP contribution in [0, 0.1) is 5.92 Å². The van der Waals surface area contributed by atoms with Crippen molar-refractivity contribution in [3.63, 3.8) is 0 Å². The molecule has 1 N–H and O–H groups in total. The van der Waals surface area contributed by atoms with Crippen LogP contribution in [-0.2, 0) is 0 Å². The highest BCUT2D eigenvalue weighted by Gasteiger charge is 2.13. The molecule has 0 aliphatic heterocycles. The maximum atomic E-state index is 5.21. The standard InChI is InChI=1S/C14H22BrNO/c1-10(2)5-8-14(16-3)12-7-6-11(17-4)9-13(12)15/h6-7,9-10,14,16H,5,8H2,1-4H3. The Hall–Kier alpha value is -0.540. The van der Waals surface area contributed by atoms with Crippen molar-refractivity contribution in [2.45, 2.75) is 32.7 Å². The summed E-state index contributed by atoms with van der Waals surface area (Å²) in [5, 5.41) is 3.38. The Morgan fingerprint density at radius 3 is 2.47 bits per heavy atom. The van der Waals surface area contributed by atoms with E-state index in [0.29, 0.717) is 6.04 Å². The van der Waals surface area contributed by atoms with Gasteiger partial charge in [0, 0.05) is 10.5 Å². The van der Waals surface area contributed by atoms with E-state index in [1.165, 1.54) is 12.0 Å². The SMILES string of the molecule is CNC(CCC(C)C)c1ccc(OC)cc1Br. The summed E-state index contributed by atoms with van der Waals surface area (Å²) in [6.45, 7) is 4.52. The Bertz CT molecular complexity index is 352. The fraction of sp³-hybridized carbons (Fsp3) is 0.571. The molecule has 1 aromatic carbocycles. The lowest BCUT2D eigenvalue weighted by Gasteiger charge is -2.19. The zero-order valence-corrected chi connectivity index (χ0v) is 12.7. The van der Waals surface area contributed by atoms with E-state index in [1.54, 1.807) is 7.11 Å². The van der Waals surface area contributed by atoms with E-state index in [2.05, 4.69) is 41.2 Å². The van der Waals surface area contributed by atoms with Gasteiger partial charge in [0.05, 0.1) is 7.11 Å². The van der Waals surface area contributed by atoms with E-state index in [9.17, 15) is 0 Å². The number of ether oxygens (including phenoxy) is 1. The number of halogens is 1. The first-order valence-electron chi connectivity index (χ1n) is 6.09. The molecule has 0 amide bonds. The van der Waals surface area contributed by atoms with Crippen molar-refractivity contribution in [1.29, 1.82) is 0 Å². The molecule has 3 heteroatoms. The van der Waals surface area contributed by atoms with Crippen LogP contribution < -0.4 is 10.1 Å². The van der Waals surface area contributed by atoms with Gasteiger partial charge in [-0.25, -0.2) is 0 Å². The van der Waals surface area contributed by atoms with Crippen LogP contribution in [0.4, 0.5) is 0 Å². The number of hydrogen-bond donors (Lipinski definition) is 1. The number of nitrogens with one attached hydrogen (secondary N) is 1. The van der Waals surface area contributed by atoms with Gasteiger partial charge in [-0.1, -0.05) is 35.8 Å². The Morgan fingerprint density at radius 1 is 1.29 bits per heavy atom. The predicted octanol–water partition coefficient (Wildman–Crippen LogP) is 4.15. The van der Waals surface area contributed by atoms with Crippen molar-refractivity contribution in [1.82, 2.24) is 5.32 Å². The average molecular weight is 300 g/mol. The fourth-order valence-corrected chi connectivity index (χ4v) is 2.51. The van der Waals surface area contributed by atoms with Crippen LogP contribution in [-0.4, -0.2) is 14.2 Å². The molecule has 0 aliphatic carbocycles. The molecule has 17 heavy (non-hydrogen) atoms. The Morgan fingerprint density at radius 2 is 2.00 bits per heavy atom. The molecular formula is C14H22BrNO. The van der Waals surface area contributed by atoms with Crippen LogP contribution in [0.3, 0.4) is 0 Å². The molecule has 1 aromatic rings. The van der Waals surface area contributed by atoms with E-state index < -0.39 is 0 Å². The van der Waals surface area contributed by atoms with Gasteiger partial charge in [-0.2, -0.15) is 0 Å². The molecule has 0 heterocycles. The highest BCUT2D eigenvalue weighted by Crippen LogP contribution is 2.30. The van der Waals surface area contributed by atoms with E-state index in [-0.39, 0.29) is 0 Å². The average Bonchev–Trinajstić information content (AvgIpc) is 2.31. The Balaban J connectivity index is 2.80. The summed E-state index contributed by atoms with van der Waals surface area (Å²) >= 11 is 3.62. The van der Waals surface area contributed by atoms with Crippen LogP contribution in [0.25, 0.3) is 0 Å². The van der Waals surface area contributed by atoms with Gasteiger partial charge in [0.25, 0.3) is 0 Å². The molecule has 2 nitrogen and oxygen atoms in total. The fourth-order valence-electron chi connectivity index (χ4n) is 1.87. The summed E-state index contributed by atoms with van der Waals surface area (Å²) in [5.74, 6) is 1.63. The second kappa shape index (κ2) is 7.02. The first-order chi connectivity index (χ1) is 8.08. The molecule has 0 aliphatic rings. The van der Waals surface area contributed by atoms with Crippen LogP contribution >= 0.6 is 15.9 Å². The lowest BCUT2D eigenvalue weighted by atomic mass is 9.98. The van der Waals surface area contributed by atoms with Crippen LogP contribution in [0.15, 0.2) is 22.7 Å². The Labute approximate surface area is 113 Å². The van der Waals surface area contributed by atoms with Crippen LogP contribution in [0.1, 0.15) is 38.3 Å². The maximum Gasteiger partial charge on any atom is 0.120 e. The molecule has 96 valence electrons. The van der Waals surface area contributed by atoms with Gasteiger partial charge < -0.3 is 10.1 Å². The first-order valence-corrected chi connectivity index (χ1v) is 6.88. The third-order valence-electron chi connectivity index (χ3n) is 2.96. The summed E-state index contributed by atoms with van der Waals surface area (Å²) in [7, 11) is 3.71. The number of rotatable bonds is 6. The number of hydrogen-bond acceptors (Lipinski definition) is 2. The zero-order valence-electron chi connectivity index (χ0n) is 11.1. The van der Waals surface area contributed by atoms with Gasteiger partial charge in [0.2, 0.25) is 0 Å². The summed E-state index contributed by atoms with van der Waals surface area (Å²) in [6, 6.07) is 6.57. The highest BCUT2D eigenvalue weighted by atomic mass is 79.9. The molecule has 0 radical (unpaired) electrons. The van der Waals surface area contributed by atoms with Crippen molar-refractivity contribution in [2.24, 2.45) is 5.92 Å². The van der Waals surface area contributed by atoms with Crippen molar-refractivity contribution < 1.29 is 4.74 Å². The second-order valence-electron chi connectivity index (χ2n) is 4.70. The molecule has 1 atom stereocenters. The van der Waals surface area contributed by atoms with Crippen molar-refractivity contribution in [2.75, 3.05) is 14.2 Å². The smallest absolute Gasteiger partial charge is 0.120 e. The van der Waals surface area contributed by atoms with Crippen LogP contribution in [0.2, 0.25) is 0 Å². The molecule has 0 bridgehead atoms. The minimum Gasteiger partial charge on any atom is -0.497 e. The zero-order chi connectivity index (χ0) is 12.8. The summed E-state index contributed by atoms with van der Waals surface area (Å²) in [4.78, 5) is 0. The van der Waals surface area contributed by atoms with E-state index in [1.807, 2.05) is 19.2 Å². The number of methoxy groups -OCH3 is 1. The molecule has 0 aromatic heterocycles. The molecular weight excluding hydrogens is 278 g/mol. The van der Waals surface area contributed by atoms with Crippen LogP contribution in [0.5, 0.6) is 5.75 Å². The molecule has 0 spiro atoms. The van der Waals surface area contributed by atoms with Gasteiger partial charge in [0.15, 0.2) is 0 Å². The lowest BCUT2D eigenvalue weighted by Crippen LogP contribution is -2.17. The first kappa shape index (κ1) is 14.5. The van der Waals surface area contributed by atoms with Crippen molar-refractivity contribution in [3.05, 3.63) is 28.2 Å². The molecule has 0 saturated heterocycles. The van der Waals surface area contributed by atoms with Gasteiger partial charge in [0.1, 0.15) is 5.75 Å². The summed E-state index contributed by atoms with van der Waals surface area (Å²) in [6.07, 6.45) is 2.38. The Kier molecular flexibility index (Phi) is 6.00. The molecule has 0 fully saturated rings. The number of benzene rings is 1. The molecule has 1 unspecified atom stereocenters. The van der Waals surface area contributed by atoms with Crippen molar-refractivity contribution in [3.8, 4) is 5.75 Å². The molecule has 1 rings (SSSR count). The normalized spacial score (nSPS) is 12.8. The maximum absolute atomic E-state index is 5.21. The minimum absolute atomic E-state index is 0.401. The van der Waals surface area contributed by atoms with Gasteiger partial charge in [-0.05, 0) is 43.5 Å².